The number of nitrogens with one attached hydrogen (secondary N) is 4. The highest BCUT2D eigenvalue weighted by molar-refractivity contribution is 8.00. The summed E-state index contributed by atoms with van der Waals surface area (Å²) in [5.74, 6) is -5.55. The molecule has 2 fully saturated rings. The van der Waals surface area contributed by atoms with Crippen LogP contribution in [-0.2, 0) is 41.9 Å². The second-order valence-electron chi connectivity index (χ2n) is 13.6. The Labute approximate surface area is 335 Å². The summed E-state index contributed by atoms with van der Waals surface area (Å²) in [5, 5.41) is 38.8. The van der Waals surface area contributed by atoms with Gasteiger partial charge in [0, 0.05) is 51.7 Å². The molecule has 3 aliphatic rings. The van der Waals surface area contributed by atoms with Gasteiger partial charge in [-0.3, -0.25) is 24.7 Å². The van der Waals surface area contributed by atoms with Crippen LogP contribution in [0.15, 0.2) is 53.2 Å². The minimum atomic E-state index is -1.84. The Hall–Kier alpha value is -5.62. The summed E-state index contributed by atoms with van der Waals surface area (Å²) in [6.07, 6.45) is 5.78. The van der Waals surface area contributed by atoms with E-state index in [1.807, 2.05) is 0 Å². The number of anilines is 1. The Morgan fingerprint density at radius 2 is 2.11 bits per heavy atom. The minimum Gasteiger partial charge on any atom is -0.543 e. The fraction of sp³-hybridized carbons (Fsp3) is 0.364. The van der Waals surface area contributed by atoms with E-state index in [9.17, 15) is 29.4 Å². The average molecular weight is 845 g/mol. The van der Waals surface area contributed by atoms with Crippen molar-refractivity contribution in [2.75, 3.05) is 24.6 Å². The van der Waals surface area contributed by atoms with Gasteiger partial charge in [-0.25, -0.2) is 14.7 Å². The molecular formula is C33H34ClFN12O8S2. The van der Waals surface area contributed by atoms with Crippen molar-refractivity contribution in [3.8, 4) is 0 Å². The van der Waals surface area contributed by atoms with Crippen molar-refractivity contribution in [1.29, 1.82) is 5.41 Å². The van der Waals surface area contributed by atoms with Crippen LogP contribution in [0.2, 0.25) is 5.02 Å². The van der Waals surface area contributed by atoms with Crippen molar-refractivity contribution in [2.24, 2.45) is 5.16 Å². The molecule has 7 N–H and O–H groups in total. The molecule has 2 saturated heterocycles. The molecule has 300 valence electrons. The lowest BCUT2D eigenvalue weighted by Gasteiger charge is -2.50. The molecule has 7 rings (SSSR count). The number of hydrogen-bond acceptors (Lipinski definition) is 15. The Balaban J connectivity index is 1.05. The number of imidazole rings is 1. The summed E-state index contributed by atoms with van der Waals surface area (Å²) in [4.78, 5) is 66.4. The molecule has 4 aromatic rings. The zero-order chi connectivity index (χ0) is 40.8. The topological polar surface area (TPSA) is 271 Å². The molecule has 3 aliphatic heterocycles. The number of oxime groups is 1. The second-order valence-corrected chi connectivity index (χ2v) is 15.9. The number of halogens is 2. The molecule has 3 atom stereocenters. The van der Waals surface area contributed by atoms with Gasteiger partial charge in [-0.15, -0.1) is 21.0 Å². The summed E-state index contributed by atoms with van der Waals surface area (Å²) in [5.41, 5.74) is 6.89. The Kier molecular flexibility index (Phi) is 10.9. The fourth-order valence-corrected chi connectivity index (χ4v) is 8.25. The number of carboxylic acid groups (broad SMARTS) is 2. The van der Waals surface area contributed by atoms with E-state index in [0.29, 0.717) is 17.8 Å². The van der Waals surface area contributed by atoms with Gasteiger partial charge in [-0.05, 0) is 38.9 Å². The zero-order valence-corrected chi connectivity index (χ0v) is 32.4. The van der Waals surface area contributed by atoms with Crippen LogP contribution >= 0.6 is 34.9 Å². The average Bonchev–Trinajstić information content (AvgIpc) is 3.99. The number of thioether (sulfide) groups is 1. The van der Waals surface area contributed by atoms with Gasteiger partial charge >= 0.3 is 5.97 Å². The Bertz CT molecular complexity index is 2350. The number of aliphatic carboxylic acids is 2. The molecule has 0 bridgehead atoms. The van der Waals surface area contributed by atoms with E-state index in [4.69, 9.17) is 32.4 Å². The van der Waals surface area contributed by atoms with Crippen molar-refractivity contribution < 1.29 is 48.1 Å². The number of hydrogen-bond donors (Lipinski definition) is 6. The Morgan fingerprint density at radius 1 is 1.32 bits per heavy atom. The highest BCUT2D eigenvalue weighted by atomic mass is 35.5. The maximum atomic E-state index is 15.4. The number of rotatable bonds is 14. The first-order chi connectivity index (χ1) is 27.1. The van der Waals surface area contributed by atoms with E-state index in [1.165, 1.54) is 37.7 Å². The summed E-state index contributed by atoms with van der Waals surface area (Å²) >= 11 is 8.47. The quantitative estimate of drug-likeness (QED) is 0.0299. The first-order valence-electron chi connectivity index (χ1n) is 17.2. The van der Waals surface area contributed by atoms with Crippen LogP contribution in [0.5, 0.6) is 0 Å². The van der Waals surface area contributed by atoms with Crippen LogP contribution in [0.4, 0.5) is 9.52 Å². The number of nitrogens with zero attached hydrogens (tertiary/aromatic N) is 7. The molecular weight excluding hydrogens is 811 g/mol. The molecule has 0 saturated carbocycles. The molecule has 3 aromatic heterocycles. The molecule has 0 radical (unpaired) electrons. The largest absolute Gasteiger partial charge is 0.543 e. The van der Waals surface area contributed by atoms with E-state index in [2.05, 4.69) is 30.6 Å². The van der Waals surface area contributed by atoms with Crippen molar-refractivity contribution in [3.05, 3.63) is 75.9 Å². The Morgan fingerprint density at radius 3 is 2.77 bits per heavy atom. The van der Waals surface area contributed by atoms with E-state index in [1.54, 1.807) is 38.4 Å². The fourth-order valence-electron chi connectivity index (χ4n) is 6.22. The third kappa shape index (κ3) is 7.87. The van der Waals surface area contributed by atoms with E-state index >= 15 is 4.39 Å². The lowest BCUT2D eigenvalue weighted by atomic mass is 10.0. The number of amides is 2. The molecule has 2 amide bonds. The number of aromatic nitrogens is 5. The standard InChI is InChI=1S/C33H34ClFN12O8S2/c1-33(2,31(52)53)55-41-22(26-40-32(37)57-43-26)27(48)39-23-28(49)47-24(30(50)51)16(14-56-29(23)47)12-45-6-4-21-44(7-8-46(21)45)13-18-19(34)9-15(10-20(18)35)25(36)42-54-17-3-5-38-11-17/h4,6-10,17,23,29,38H,3,5,11-14H2,1-2H3,(H6-,36,37,39,40,42,43,48,50,51,52,53)/b41-22-/t17?,23-,29-/m1/s1. The number of carboxylic acids is 2. The number of nitrogen functional groups attached to an aromatic ring is 1. The normalized spacial score (nSPS) is 19.7. The summed E-state index contributed by atoms with van der Waals surface area (Å²) < 4.78 is 24.5. The maximum Gasteiger partial charge on any atom is 0.350 e. The number of benzene rings is 1. The highest BCUT2D eigenvalue weighted by Crippen LogP contribution is 2.40. The number of carbonyl (C=O) groups excluding carboxylic acids is 3. The van der Waals surface area contributed by atoms with Gasteiger partial charge in [-0.2, -0.15) is 9.36 Å². The van der Waals surface area contributed by atoms with Crippen molar-refractivity contribution in [2.45, 2.75) is 56.5 Å². The summed E-state index contributed by atoms with van der Waals surface area (Å²) in [6.45, 7) is 3.94. The third-order valence-electron chi connectivity index (χ3n) is 9.32. The summed E-state index contributed by atoms with van der Waals surface area (Å²) in [6, 6.07) is 3.25. The first kappa shape index (κ1) is 39.6. The van der Waals surface area contributed by atoms with Gasteiger partial charge < -0.3 is 40.8 Å². The van der Waals surface area contributed by atoms with Crippen molar-refractivity contribution in [1.82, 2.24) is 39.5 Å². The first-order valence-corrected chi connectivity index (χ1v) is 19.4. The SMILES string of the molecule is CC(C)(O/N=C(\C(=O)N[C@@H]1C(=O)N2C(C(=O)[O-])=C(C[n+]3ccc4n(Cc5c(F)cc(C(=N)NOC6CCNC6)cc5Cl)ccn43)CS[C@H]12)c1nsc(N)n1)C(=O)O. The molecule has 57 heavy (non-hydrogen) atoms. The number of β-lactam (4-membered cyclic amide) rings is 1. The van der Waals surface area contributed by atoms with Crippen LogP contribution in [0.25, 0.3) is 5.65 Å². The maximum absolute atomic E-state index is 15.4. The molecule has 1 aromatic carbocycles. The van der Waals surface area contributed by atoms with Crippen molar-refractivity contribution >= 4 is 81.0 Å². The van der Waals surface area contributed by atoms with Crippen LogP contribution in [-0.4, -0.2) is 106 Å². The molecule has 20 nitrogen and oxygen atoms in total. The number of amidine groups is 1. The molecule has 0 spiro atoms. The second kappa shape index (κ2) is 15.7. The molecule has 1 unspecified atom stereocenters. The highest BCUT2D eigenvalue weighted by Gasteiger charge is 2.53. The van der Waals surface area contributed by atoms with Gasteiger partial charge in [-0.1, -0.05) is 16.8 Å². The smallest absolute Gasteiger partial charge is 0.350 e. The van der Waals surface area contributed by atoms with Gasteiger partial charge in [0.25, 0.3) is 11.8 Å². The number of nitrogens with two attached hydrogens (primary N) is 1. The van der Waals surface area contributed by atoms with Crippen LogP contribution in [0.3, 0.4) is 0 Å². The predicted molar refractivity (Wildman–Crippen MR) is 199 cm³/mol. The van der Waals surface area contributed by atoms with Crippen LogP contribution < -0.4 is 31.6 Å². The lowest BCUT2D eigenvalue weighted by Crippen LogP contribution is -2.71. The van der Waals surface area contributed by atoms with Crippen LogP contribution in [0, 0.1) is 11.2 Å². The van der Waals surface area contributed by atoms with Gasteiger partial charge in [0.2, 0.25) is 17.1 Å². The number of fused-ring (bicyclic) bond motifs is 2. The summed E-state index contributed by atoms with van der Waals surface area (Å²) in [7, 11) is 0. The van der Waals surface area contributed by atoms with Gasteiger partial charge in [0.1, 0.15) is 23.1 Å². The number of hydroxylamine groups is 1. The van der Waals surface area contributed by atoms with Crippen LogP contribution in [0.1, 0.15) is 37.2 Å². The monoisotopic (exact) mass is 844 g/mol. The van der Waals surface area contributed by atoms with E-state index in [-0.39, 0.29) is 63.6 Å². The number of carbonyl (C=O) groups is 4. The molecule has 24 heteroatoms. The van der Waals surface area contributed by atoms with E-state index in [0.717, 1.165) is 29.4 Å². The lowest BCUT2D eigenvalue weighted by molar-refractivity contribution is -0.753. The third-order valence-corrected chi connectivity index (χ3v) is 11.5. The van der Waals surface area contributed by atoms with E-state index < -0.39 is 52.3 Å². The molecule has 6 heterocycles. The van der Waals surface area contributed by atoms with Crippen molar-refractivity contribution in [3.63, 3.8) is 0 Å². The predicted octanol–water partition coefficient (Wildman–Crippen LogP) is -0.801. The molecule has 0 aliphatic carbocycles. The zero-order valence-electron chi connectivity index (χ0n) is 30.0. The minimum absolute atomic E-state index is 0.0128. The van der Waals surface area contributed by atoms with Gasteiger partial charge in [0.05, 0.1) is 36.6 Å². The van der Waals surface area contributed by atoms with Gasteiger partial charge in [0.15, 0.2) is 23.5 Å².